The Morgan fingerprint density at radius 2 is 2.00 bits per heavy atom. The molecule has 0 spiro atoms. The van der Waals surface area contributed by atoms with Crippen LogP contribution in [0.1, 0.15) is 49.0 Å². The number of quaternary nitrogens is 1. The van der Waals surface area contributed by atoms with Crippen molar-refractivity contribution in [3.63, 3.8) is 0 Å². The summed E-state index contributed by atoms with van der Waals surface area (Å²) in [5.41, 5.74) is 2.15. The second-order valence-corrected chi connectivity index (χ2v) is 6.64. The van der Waals surface area contributed by atoms with E-state index in [4.69, 9.17) is 0 Å². The quantitative estimate of drug-likeness (QED) is 0.707. The number of fused-ring (bicyclic) bond motifs is 1. The second-order valence-electron chi connectivity index (χ2n) is 6.64. The van der Waals surface area contributed by atoms with Crippen molar-refractivity contribution in [2.24, 2.45) is 0 Å². The zero-order chi connectivity index (χ0) is 17.9. The predicted molar refractivity (Wildman–Crippen MR) is 92.3 cm³/mol. The van der Waals surface area contributed by atoms with Gasteiger partial charge >= 0.3 is 5.91 Å². The van der Waals surface area contributed by atoms with Gasteiger partial charge in [0, 0.05) is 6.54 Å². The predicted octanol–water partition coefficient (Wildman–Crippen LogP) is 0.338. The third-order valence-corrected chi connectivity index (χ3v) is 4.12. The largest absolute Gasteiger partial charge is 0.351 e. The molecule has 24 heavy (non-hydrogen) atoms. The van der Waals surface area contributed by atoms with Crippen LogP contribution in [0.4, 0.5) is 5.69 Å². The van der Waals surface area contributed by atoms with Gasteiger partial charge in [-0.05, 0) is 30.0 Å². The summed E-state index contributed by atoms with van der Waals surface area (Å²) in [5, 5.41) is 2.82. The number of ketones is 1. The fourth-order valence-electron chi connectivity index (χ4n) is 2.76. The van der Waals surface area contributed by atoms with Crippen LogP contribution >= 0.6 is 0 Å². The smallest absolute Gasteiger partial charge is 0.303 e. The first kappa shape index (κ1) is 18.1. The summed E-state index contributed by atoms with van der Waals surface area (Å²) in [5.74, 6) is -0.736. The molecule has 0 aliphatic carbocycles. The van der Waals surface area contributed by atoms with Gasteiger partial charge in [-0.25, -0.2) is 0 Å². The Bertz CT molecular complexity index is 655. The van der Waals surface area contributed by atoms with Gasteiger partial charge in [0.05, 0.1) is 18.3 Å². The minimum Gasteiger partial charge on any atom is -0.351 e. The third kappa shape index (κ3) is 3.82. The van der Waals surface area contributed by atoms with Crippen LogP contribution in [0.5, 0.6) is 0 Å². The zero-order valence-corrected chi connectivity index (χ0v) is 14.8. The molecule has 0 saturated heterocycles. The van der Waals surface area contributed by atoms with Gasteiger partial charge in [-0.15, -0.1) is 0 Å². The van der Waals surface area contributed by atoms with E-state index in [1.165, 1.54) is 4.90 Å². The molecule has 1 aromatic rings. The molecule has 0 saturated carbocycles. The molecule has 0 radical (unpaired) electrons. The van der Waals surface area contributed by atoms with Gasteiger partial charge in [0.25, 0.3) is 11.7 Å². The van der Waals surface area contributed by atoms with Crippen molar-refractivity contribution >= 4 is 23.3 Å². The maximum absolute atomic E-state index is 12.3. The summed E-state index contributed by atoms with van der Waals surface area (Å²) in [6, 6.07) is 5.59. The first-order valence-corrected chi connectivity index (χ1v) is 8.43. The minimum absolute atomic E-state index is 0.0531. The maximum Gasteiger partial charge on any atom is 0.303 e. The van der Waals surface area contributed by atoms with E-state index in [-0.39, 0.29) is 19.1 Å². The fraction of sp³-hybridized carbons (Fsp3) is 0.500. The molecule has 1 heterocycles. The lowest BCUT2D eigenvalue weighted by Crippen LogP contribution is -3.12. The number of carbonyl (C=O) groups excluding carboxylic acids is 3. The van der Waals surface area contributed by atoms with Gasteiger partial charge in [-0.2, -0.15) is 0 Å². The Balaban J connectivity index is 2.11. The van der Waals surface area contributed by atoms with Crippen molar-refractivity contribution in [3.05, 3.63) is 29.3 Å². The summed E-state index contributed by atoms with van der Waals surface area (Å²) < 4.78 is 0. The summed E-state index contributed by atoms with van der Waals surface area (Å²) in [6.07, 6.45) is 0.884. The normalized spacial score (nSPS) is 15.0. The molecule has 2 amide bonds. The molecule has 2 rings (SSSR count). The number of rotatable bonds is 7. The van der Waals surface area contributed by atoms with Crippen LogP contribution in [0.25, 0.3) is 0 Å². The Morgan fingerprint density at radius 3 is 2.62 bits per heavy atom. The topological polar surface area (TPSA) is 70.9 Å². The monoisotopic (exact) mass is 332 g/mol. The van der Waals surface area contributed by atoms with Gasteiger partial charge in [-0.3, -0.25) is 19.3 Å². The van der Waals surface area contributed by atoms with Gasteiger partial charge < -0.3 is 10.2 Å². The number of likely N-dealkylation sites (N-methyl/N-ethyl adjacent to an activating group) is 1. The number of hydrogen-bond donors (Lipinski definition) is 2. The van der Waals surface area contributed by atoms with Crippen molar-refractivity contribution in [2.75, 3.05) is 31.7 Å². The fourth-order valence-corrected chi connectivity index (χ4v) is 2.76. The molecule has 0 aromatic heterocycles. The Hall–Kier alpha value is -2.21. The van der Waals surface area contributed by atoms with Gasteiger partial charge in [0.15, 0.2) is 13.2 Å². The first-order chi connectivity index (χ1) is 11.3. The van der Waals surface area contributed by atoms with E-state index >= 15 is 0 Å². The van der Waals surface area contributed by atoms with E-state index in [2.05, 4.69) is 5.32 Å². The summed E-state index contributed by atoms with van der Waals surface area (Å²) in [6.45, 7) is 7.29. The third-order valence-electron chi connectivity index (χ3n) is 4.12. The van der Waals surface area contributed by atoms with Crippen molar-refractivity contribution < 1.29 is 19.3 Å². The van der Waals surface area contributed by atoms with Gasteiger partial charge in [-0.1, -0.05) is 26.8 Å². The molecule has 6 nitrogen and oxygen atoms in total. The highest BCUT2D eigenvalue weighted by molar-refractivity contribution is 6.52. The summed E-state index contributed by atoms with van der Waals surface area (Å²) >= 11 is 0. The molecule has 0 bridgehead atoms. The zero-order valence-electron chi connectivity index (χ0n) is 14.8. The van der Waals surface area contributed by atoms with E-state index in [1.807, 2.05) is 46.0 Å². The molecular weight excluding hydrogens is 306 g/mol. The van der Waals surface area contributed by atoms with Crippen LogP contribution in [0.3, 0.4) is 0 Å². The lowest BCUT2D eigenvalue weighted by atomic mass is 9.99. The van der Waals surface area contributed by atoms with E-state index in [0.29, 0.717) is 23.7 Å². The van der Waals surface area contributed by atoms with Crippen molar-refractivity contribution in [3.8, 4) is 0 Å². The highest BCUT2D eigenvalue weighted by Crippen LogP contribution is 2.30. The number of hydrogen-bond acceptors (Lipinski definition) is 3. The maximum atomic E-state index is 12.3. The summed E-state index contributed by atoms with van der Waals surface area (Å²) in [7, 11) is 1.84. The summed E-state index contributed by atoms with van der Waals surface area (Å²) in [4.78, 5) is 38.7. The average Bonchev–Trinajstić information content (AvgIpc) is 2.77. The Kier molecular flexibility index (Phi) is 5.72. The Morgan fingerprint density at radius 1 is 1.29 bits per heavy atom. The standard InChI is InChI=1S/C18H25N3O3/c1-5-8-19-16(22)10-20(4)11-21-15-7-6-13(12(2)3)9-14(15)17(23)18(21)24/h6-7,9,12H,5,8,10-11H2,1-4H3,(H,19,22)/p+1. The highest BCUT2D eigenvalue weighted by Gasteiger charge is 2.37. The van der Waals surface area contributed by atoms with Crippen molar-refractivity contribution in [1.82, 2.24) is 5.32 Å². The first-order valence-electron chi connectivity index (χ1n) is 8.43. The van der Waals surface area contributed by atoms with Crippen LogP contribution in [0.15, 0.2) is 18.2 Å². The molecule has 1 aliphatic rings. The molecule has 2 N–H and O–H groups in total. The second kappa shape index (κ2) is 7.57. The number of nitrogens with zero attached hydrogens (tertiary/aromatic N) is 1. The van der Waals surface area contributed by atoms with Gasteiger partial charge in [0.2, 0.25) is 0 Å². The molecule has 1 aromatic carbocycles. The lowest BCUT2D eigenvalue weighted by molar-refractivity contribution is -0.869. The van der Waals surface area contributed by atoms with E-state index in [9.17, 15) is 14.4 Å². The lowest BCUT2D eigenvalue weighted by Gasteiger charge is -2.21. The molecule has 1 atom stereocenters. The van der Waals surface area contributed by atoms with Crippen LogP contribution in [0.2, 0.25) is 0 Å². The van der Waals surface area contributed by atoms with E-state index < -0.39 is 11.7 Å². The Labute approximate surface area is 142 Å². The molecule has 1 unspecified atom stereocenters. The van der Waals surface area contributed by atoms with E-state index in [0.717, 1.165) is 16.9 Å². The number of anilines is 1. The van der Waals surface area contributed by atoms with Crippen molar-refractivity contribution in [2.45, 2.75) is 33.1 Å². The highest BCUT2D eigenvalue weighted by atomic mass is 16.2. The number of amides is 2. The average molecular weight is 332 g/mol. The minimum atomic E-state index is -0.515. The molecule has 1 aliphatic heterocycles. The number of carbonyl (C=O) groups is 3. The van der Waals surface area contributed by atoms with Crippen LogP contribution in [0, 0.1) is 0 Å². The number of nitrogens with one attached hydrogen (secondary N) is 2. The molecular formula is C18H26N3O3+. The van der Waals surface area contributed by atoms with Crippen LogP contribution < -0.4 is 15.1 Å². The van der Waals surface area contributed by atoms with E-state index in [1.54, 1.807) is 0 Å². The number of benzene rings is 1. The van der Waals surface area contributed by atoms with Crippen LogP contribution in [-0.2, 0) is 9.59 Å². The number of Topliss-reactive ketones (excluding diaryl/α,β-unsaturated/α-hetero) is 1. The van der Waals surface area contributed by atoms with Gasteiger partial charge in [0.1, 0.15) is 0 Å². The molecule has 0 fully saturated rings. The van der Waals surface area contributed by atoms with Crippen molar-refractivity contribution in [1.29, 1.82) is 0 Å². The van der Waals surface area contributed by atoms with Crippen LogP contribution in [-0.4, -0.2) is 44.4 Å². The molecule has 130 valence electrons. The molecule has 6 heteroatoms. The SMILES string of the molecule is CCCNC(=O)C[NH+](C)CN1C(=O)C(=O)c2cc(C(C)C)ccc21.